The maximum atomic E-state index is 12.8. The molecule has 1 saturated heterocycles. The summed E-state index contributed by atoms with van der Waals surface area (Å²) in [5.41, 5.74) is 9.18. The summed E-state index contributed by atoms with van der Waals surface area (Å²) in [7, 11) is 0. The van der Waals surface area contributed by atoms with Crippen molar-refractivity contribution in [3.8, 4) is 22.6 Å². The fraction of sp³-hybridized carbons (Fsp3) is 0.321. The number of rotatable bonds is 6. The number of aromatic nitrogens is 3. The third-order valence-electron chi connectivity index (χ3n) is 7.09. The summed E-state index contributed by atoms with van der Waals surface area (Å²) < 4.78 is 8.16. The SMILES string of the molecule is Nc1ncnc2c1c(-c1ccc(Oc3ccccc3)cc1)cn2[C@@H]1CCCN(C(=O)CC2CC2)C1. The van der Waals surface area contributed by atoms with Gasteiger partial charge in [-0.25, -0.2) is 9.97 Å². The highest BCUT2D eigenvalue weighted by Crippen LogP contribution is 2.38. The first kappa shape index (κ1) is 21.6. The topological polar surface area (TPSA) is 86.3 Å². The Morgan fingerprint density at radius 2 is 1.77 bits per heavy atom. The van der Waals surface area contributed by atoms with E-state index in [4.69, 9.17) is 10.5 Å². The third kappa shape index (κ3) is 4.46. The monoisotopic (exact) mass is 467 g/mol. The number of amides is 1. The Bertz CT molecular complexity index is 1350. The maximum absolute atomic E-state index is 12.8. The third-order valence-corrected chi connectivity index (χ3v) is 7.09. The minimum Gasteiger partial charge on any atom is -0.457 e. The van der Waals surface area contributed by atoms with Gasteiger partial charge in [0.05, 0.1) is 11.4 Å². The molecule has 1 aliphatic heterocycles. The molecule has 2 aromatic carbocycles. The molecule has 1 atom stereocenters. The molecule has 0 bridgehead atoms. The number of hydrogen-bond donors (Lipinski definition) is 1. The van der Waals surface area contributed by atoms with Crippen LogP contribution in [0.1, 0.15) is 38.1 Å². The van der Waals surface area contributed by atoms with Gasteiger partial charge in [-0.3, -0.25) is 4.79 Å². The average molecular weight is 468 g/mol. The number of piperidine rings is 1. The largest absolute Gasteiger partial charge is 0.457 e. The number of anilines is 1. The molecule has 3 heterocycles. The van der Waals surface area contributed by atoms with Crippen LogP contribution < -0.4 is 10.5 Å². The fourth-order valence-electron chi connectivity index (χ4n) is 5.04. The van der Waals surface area contributed by atoms with Crippen molar-refractivity contribution < 1.29 is 9.53 Å². The molecule has 2 N–H and O–H groups in total. The van der Waals surface area contributed by atoms with Crippen molar-refractivity contribution in [1.29, 1.82) is 0 Å². The average Bonchev–Trinajstić information content (AvgIpc) is 3.62. The molecule has 0 spiro atoms. The number of para-hydroxylation sites is 1. The van der Waals surface area contributed by atoms with Gasteiger partial charge in [-0.15, -0.1) is 0 Å². The highest BCUT2D eigenvalue weighted by molar-refractivity contribution is 6.00. The highest BCUT2D eigenvalue weighted by atomic mass is 16.5. The van der Waals surface area contributed by atoms with E-state index in [9.17, 15) is 4.79 Å². The molecule has 2 aromatic heterocycles. The summed E-state index contributed by atoms with van der Waals surface area (Å²) in [6.45, 7) is 1.55. The van der Waals surface area contributed by atoms with Gasteiger partial charge >= 0.3 is 0 Å². The Balaban J connectivity index is 1.30. The van der Waals surface area contributed by atoms with Crippen molar-refractivity contribution in [3.63, 3.8) is 0 Å². The van der Waals surface area contributed by atoms with E-state index in [2.05, 4.69) is 20.7 Å². The van der Waals surface area contributed by atoms with Gasteiger partial charge in [0.2, 0.25) is 5.91 Å². The van der Waals surface area contributed by atoms with E-state index in [0.29, 0.717) is 24.7 Å². The van der Waals surface area contributed by atoms with Gasteiger partial charge in [0.25, 0.3) is 0 Å². The number of carbonyl (C=O) groups is 1. The number of nitrogens with two attached hydrogens (primary N) is 1. The van der Waals surface area contributed by atoms with Crippen LogP contribution in [0.2, 0.25) is 0 Å². The lowest BCUT2D eigenvalue weighted by molar-refractivity contribution is -0.133. The van der Waals surface area contributed by atoms with E-state index < -0.39 is 0 Å². The minimum absolute atomic E-state index is 0.165. The predicted molar refractivity (Wildman–Crippen MR) is 136 cm³/mol. The highest BCUT2D eigenvalue weighted by Gasteiger charge is 2.31. The summed E-state index contributed by atoms with van der Waals surface area (Å²) in [4.78, 5) is 23.7. The Kier molecular flexibility index (Phi) is 5.60. The number of hydrogen-bond acceptors (Lipinski definition) is 5. The zero-order chi connectivity index (χ0) is 23.8. The van der Waals surface area contributed by atoms with Gasteiger partial charge in [0.1, 0.15) is 29.3 Å². The fourth-order valence-corrected chi connectivity index (χ4v) is 5.04. The van der Waals surface area contributed by atoms with Crippen molar-refractivity contribution >= 4 is 22.8 Å². The van der Waals surface area contributed by atoms with Crippen LogP contribution in [0.25, 0.3) is 22.2 Å². The van der Waals surface area contributed by atoms with Crippen molar-refractivity contribution in [2.75, 3.05) is 18.8 Å². The first-order chi connectivity index (χ1) is 17.2. The summed E-state index contributed by atoms with van der Waals surface area (Å²) in [6.07, 6.45) is 8.72. The molecule has 2 aliphatic rings. The van der Waals surface area contributed by atoms with Crippen molar-refractivity contribution in [1.82, 2.24) is 19.4 Å². The van der Waals surface area contributed by atoms with Gasteiger partial charge in [-0.2, -0.15) is 0 Å². The second-order valence-electron chi connectivity index (χ2n) is 9.63. The number of carbonyl (C=O) groups excluding carboxylic acids is 1. The van der Waals surface area contributed by atoms with E-state index in [1.165, 1.54) is 19.2 Å². The summed E-state index contributed by atoms with van der Waals surface area (Å²) >= 11 is 0. The number of nitrogens with zero attached hydrogens (tertiary/aromatic N) is 4. The predicted octanol–water partition coefficient (Wildman–Crippen LogP) is 5.44. The Morgan fingerprint density at radius 1 is 1.00 bits per heavy atom. The second-order valence-corrected chi connectivity index (χ2v) is 9.63. The number of nitrogen functional groups attached to an aromatic ring is 1. The molecule has 1 aliphatic carbocycles. The smallest absolute Gasteiger partial charge is 0.222 e. The standard InChI is InChI=1S/C28H29N5O2/c29-27-26-24(20-10-12-23(13-11-20)35-22-6-2-1-3-7-22)17-33(28(26)31-18-30-27)21-5-4-14-32(16-21)25(34)15-19-8-9-19/h1-3,6-7,10-13,17-19,21H,4-5,8-9,14-16H2,(H2,29,30,31)/t21-/m1/s1. The van der Waals surface area contributed by atoms with Crippen LogP contribution in [-0.4, -0.2) is 38.4 Å². The molecular formula is C28H29N5O2. The van der Waals surface area contributed by atoms with Crippen molar-refractivity contribution in [2.24, 2.45) is 5.92 Å². The van der Waals surface area contributed by atoms with Gasteiger partial charge < -0.3 is 19.9 Å². The molecule has 0 radical (unpaired) electrons. The molecular weight excluding hydrogens is 438 g/mol. The lowest BCUT2D eigenvalue weighted by Crippen LogP contribution is -2.40. The molecule has 35 heavy (non-hydrogen) atoms. The van der Waals surface area contributed by atoms with Crippen LogP contribution in [0.3, 0.4) is 0 Å². The zero-order valence-electron chi connectivity index (χ0n) is 19.6. The summed E-state index contributed by atoms with van der Waals surface area (Å²) in [5, 5.41) is 0.852. The van der Waals surface area contributed by atoms with Crippen molar-refractivity contribution in [2.45, 2.75) is 38.1 Å². The minimum atomic E-state index is 0.165. The van der Waals surface area contributed by atoms with E-state index in [1.54, 1.807) is 0 Å². The van der Waals surface area contributed by atoms with Crippen LogP contribution in [-0.2, 0) is 4.79 Å². The number of fused-ring (bicyclic) bond motifs is 1. The van der Waals surface area contributed by atoms with Crippen LogP contribution >= 0.6 is 0 Å². The molecule has 4 aromatic rings. The molecule has 2 fully saturated rings. The normalized spacial score (nSPS) is 18.1. The lowest BCUT2D eigenvalue weighted by atomic mass is 10.0. The van der Waals surface area contributed by atoms with Gasteiger partial charge in [0.15, 0.2) is 0 Å². The molecule has 1 amide bonds. The van der Waals surface area contributed by atoms with Crippen LogP contribution in [0.15, 0.2) is 67.1 Å². The van der Waals surface area contributed by atoms with Crippen LogP contribution in [0, 0.1) is 5.92 Å². The van der Waals surface area contributed by atoms with Crippen molar-refractivity contribution in [3.05, 3.63) is 67.1 Å². The van der Waals surface area contributed by atoms with E-state index in [-0.39, 0.29) is 11.9 Å². The molecule has 6 rings (SSSR count). The van der Waals surface area contributed by atoms with Gasteiger partial charge in [-0.1, -0.05) is 30.3 Å². The molecule has 7 nitrogen and oxygen atoms in total. The van der Waals surface area contributed by atoms with Gasteiger partial charge in [-0.05, 0) is 61.4 Å². The number of likely N-dealkylation sites (tertiary alicyclic amines) is 1. The first-order valence-electron chi connectivity index (χ1n) is 12.4. The second kappa shape index (κ2) is 9.06. The Hall–Kier alpha value is -3.87. The van der Waals surface area contributed by atoms with Gasteiger partial charge in [0, 0.05) is 31.3 Å². The summed E-state index contributed by atoms with van der Waals surface area (Å²) in [6, 6.07) is 17.9. The molecule has 1 saturated carbocycles. The number of ether oxygens (including phenoxy) is 1. The first-order valence-corrected chi connectivity index (χ1v) is 12.4. The molecule has 7 heteroatoms. The zero-order valence-corrected chi connectivity index (χ0v) is 19.6. The quantitative estimate of drug-likeness (QED) is 0.408. The van der Waals surface area contributed by atoms with Crippen LogP contribution in [0.4, 0.5) is 5.82 Å². The van der Waals surface area contributed by atoms with E-state index in [1.807, 2.05) is 59.5 Å². The van der Waals surface area contributed by atoms with E-state index in [0.717, 1.165) is 53.0 Å². The molecule has 0 unspecified atom stereocenters. The lowest BCUT2D eigenvalue weighted by Gasteiger charge is -2.34. The Morgan fingerprint density at radius 3 is 2.54 bits per heavy atom. The molecule has 178 valence electrons. The van der Waals surface area contributed by atoms with Crippen LogP contribution in [0.5, 0.6) is 11.5 Å². The Labute approximate surface area is 204 Å². The number of benzene rings is 2. The van der Waals surface area contributed by atoms with E-state index >= 15 is 0 Å². The maximum Gasteiger partial charge on any atom is 0.222 e. The summed E-state index contributed by atoms with van der Waals surface area (Å²) in [5.74, 6) is 2.92.